The molecule has 9 heteroatoms. The maximum atomic E-state index is 13.8. The summed E-state index contributed by atoms with van der Waals surface area (Å²) < 4.78 is 39.2. The summed E-state index contributed by atoms with van der Waals surface area (Å²) in [4.78, 5) is 27.2. The van der Waals surface area contributed by atoms with E-state index in [4.69, 9.17) is 9.47 Å². The minimum Gasteiger partial charge on any atom is -0.493 e. The SMILES string of the molecule is CCOc1cc([C@@H](C)N(CC2CC(c3ccccc3)C2)C(=O)NC2(C(=O)O)CC(F)(F)C2)cc(OCC)c1C. The lowest BCUT2D eigenvalue weighted by atomic mass is 9.71. The van der Waals surface area contributed by atoms with E-state index < -0.39 is 42.3 Å². The minimum absolute atomic E-state index is 0.190. The van der Waals surface area contributed by atoms with E-state index in [9.17, 15) is 23.5 Å². The van der Waals surface area contributed by atoms with Crippen molar-refractivity contribution in [2.75, 3.05) is 19.8 Å². The van der Waals surface area contributed by atoms with Gasteiger partial charge in [0.15, 0.2) is 5.54 Å². The molecule has 2 fully saturated rings. The van der Waals surface area contributed by atoms with Crippen LogP contribution in [0, 0.1) is 12.8 Å². The number of nitrogens with one attached hydrogen (secondary N) is 1. The molecule has 2 amide bonds. The highest BCUT2D eigenvalue weighted by Crippen LogP contribution is 2.47. The van der Waals surface area contributed by atoms with Gasteiger partial charge in [-0.25, -0.2) is 18.4 Å². The molecule has 0 saturated heterocycles. The van der Waals surface area contributed by atoms with Crippen molar-refractivity contribution in [3.8, 4) is 11.5 Å². The Morgan fingerprint density at radius 2 is 1.64 bits per heavy atom. The number of hydrogen-bond acceptors (Lipinski definition) is 4. The Kier molecular flexibility index (Phi) is 8.37. The van der Waals surface area contributed by atoms with Gasteiger partial charge in [0, 0.05) is 24.9 Å². The lowest BCUT2D eigenvalue weighted by Gasteiger charge is -2.46. The Balaban J connectivity index is 1.60. The highest BCUT2D eigenvalue weighted by molar-refractivity contribution is 5.88. The van der Waals surface area contributed by atoms with Crippen LogP contribution < -0.4 is 14.8 Å². The molecule has 0 radical (unpaired) electrons. The molecule has 39 heavy (non-hydrogen) atoms. The van der Waals surface area contributed by atoms with Crippen molar-refractivity contribution in [1.82, 2.24) is 10.2 Å². The molecule has 2 aromatic rings. The molecule has 2 aromatic carbocycles. The Labute approximate surface area is 228 Å². The second kappa shape index (κ2) is 11.4. The van der Waals surface area contributed by atoms with Crippen LogP contribution in [0.25, 0.3) is 0 Å². The smallest absolute Gasteiger partial charge is 0.329 e. The molecule has 2 saturated carbocycles. The molecule has 2 aliphatic carbocycles. The summed E-state index contributed by atoms with van der Waals surface area (Å²) in [6.07, 6.45) is -0.0808. The summed E-state index contributed by atoms with van der Waals surface area (Å²) in [5.74, 6) is -2.71. The number of carboxylic acids is 1. The van der Waals surface area contributed by atoms with E-state index >= 15 is 0 Å². The molecule has 0 aromatic heterocycles. The van der Waals surface area contributed by atoms with Gasteiger partial charge in [-0.05, 0) is 75.6 Å². The average Bonchev–Trinajstić information content (AvgIpc) is 2.84. The number of hydrogen-bond donors (Lipinski definition) is 2. The molecule has 0 unspecified atom stereocenters. The second-order valence-electron chi connectivity index (χ2n) is 10.8. The molecule has 0 aliphatic heterocycles. The quantitative estimate of drug-likeness (QED) is 0.346. The summed E-state index contributed by atoms with van der Waals surface area (Å²) >= 11 is 0. The topological polar surface area (TPSA) is 88.1 Å². The van der Waals surface area contributed by atoms with E-state index in [1.807, 2.05) is 58.0 Å². The fourth-order valence-corrected chi connectivity index (χ4v) is 5.69. The Morgan fingerprint density at radius 3 is 2.13 bits per heavy atom. The number of carbonyl (C=O) groups excluding carboxylic acids is 1. The zero-order valence-electron chi connectivity index (χ0n) is 23.0. The summed E-state index contributed by atoms with van der Waals surface area (Å²) in [5.41, 5.74) is 0.868. The number of carboxylic acid groups (broad SMARTS) is 1. The second-order valence-corrected chi connectivity index (χ2v) is 10.8. The Hall–Kier alpha value is -3.36. The maximum absolute atomic E-state index is 13.8. The molecule has 0 heterocycles. The van der Waals surface area contributed by atoms with E-state index in [1.54, 1.807) is 4.90 Å². The Morgan fingerprint density at radius 1 is 1.08 bits per heavy atom. The fraction of sp³-hybridized carbons (Fsp3) is 0.533. The van der Waals surface area contributed by atoms with Gasteiger partial charge in [-0.2, -0.15) is 0 Å². The van der Waals surface area contributed by atoms with Crippen molar-refractivity contribution in [2.24, 2.45) is 5.92 Å². The van der Waals surface area contributed by atoms with Crippen LogP contribution in [0.5, 0.6) is 11.5 Å². The fourth-order valence-electron chi connectivity index (χ4n) is 5.69. The third-order valence-corrected chi connectivity index (χ3v) is 7.98. The van der Waals surface area contributed by atoms with Crippen LogP contribution in [0.1, 0.15) is 75.1 Å². The number of alkyl halides is 2. The largest absolute Gasteiger partial charge is 0.493 e. The number of amides is 2. The normalized spacial score (nSPS) is 21.6. The van der Waals surface area contributed by atoms with E-state index in [1.165, 1.54) is 5.56 Å². The number of urea groups is 1. The number of benzene rings is 2. The molecule has 212 valence electrons. The highest BCUT2D eigenvalue weighted by Gasteiger charge is 2.62. The molecular formula is C30H38F2N2O5. The van der Waals surface area contributed by atoms with Crippen molar-refractivity contribution in [3.05, 3.63) is 59.2 Å². The predicted molar refractivity (Wildman–Crippen MR) is 144 cm³/mol. The first-order valence-electron chi connectivity index (χ1n) is 13.6. The molecule has 4 rings (SSSR count). The summed E-state index contributed by atoms with van der Waals surface area (Å²) in [6.45, 7) is 8.79. The standard InChI is InChI=1S/C30H38F2N2O5/c1-5-38-25-14-23(15-26(19(25)3)39-6-2)20(4)34(16-21-12-24(13-21)22-10-8-7-9-11-22)28(37)33-29(27(35)36)17-30(31,32)18-29/h7-11,14-15,20-21,24H,5-6,12-13,16-18H2,1-4H3,(H,33,37)(H,35,36)/t20-,21?,24?/m1/s1. The molecule has 1 atom stereocenters. The molecule has 2 aliphatic rings. The lowest BCUT2D eigenvalue weighted by molar-refractivity contribution is -0.175. The van der Waals surface area contributed by atoms with Crippen molar-refractivity contribution in [2.45, 2.75) is 76.8 Å². The summed E-state index contributed by atoms with van der Waals surface area (Å²) in [5, 5.41) is 12.2. The van der Waals surface area contributed by atoms with Gasteiger partial charge in [-0.15, -0.1) is 0 Å². The predicted octanol–water partition coefficient (Wildman–Crippen LogP) is 6.31. The van der Waals surface area contributed by atoms with Crippen LogP contribution >= 0.6 is 0 Å². The van der Waals surface area contributed by atoms with Crippen LogP contribution in [-0.2, 0) is 4.79 Å². The van der Waals surface area contributed by atoms with Gasteiger partial charge >= 0.3 is 12.0 Å². The monoisotopic (exact) mass is 544 g/mol. The van der Waals surface area contributed by atoms with Gasteiger partial charge in [0.1, 0.15) is 11.5 Å². The minimum atomic E-state index is -3.12. The third kappa shape index (κ3) is 6.12. The molecule has 2 N–H and O–H groups in total. The highest BCUT2D eigenvalue weighted by atomic mass is 19.3. The van der Waals surface area contributed by atoms with Crippen LogP contribution in [-0.4, -0.2) is 53.2 Å². The van der Waals surface area contributed by atoms with Gasteiger partial charge in [0.2, 0.25) is 0 Å². The van der Waals surface area contributed by atoms with E-state index in [-0.39, 0.29) is 5.92 Å². The van der Waals surface area contributed by atoms with Crippen molar-refractivity contribution >= 4 is 12.0 Å². The lowest BCUT2D eigenvalue weighted by Crippen LogP contribution is -2.68. The summed E-state index contributed by atoms with van der Waals surface area (Å²) in [6, 6.07) is 12.8. The number of carbonyl (C=O) groups is 2. The first-order chi connectivity index (χ1) is 18.5. The van der Waals surface area contributed by atoms with Gasteiger partial charge < -0.3 is 24.8 Å². The number of ether oxygens (including phenoxy) is 2. The zero-order valence-corrected chi connectivity index (χ0v) is 23.0. The van der Waals surface area contributed by atoms with Crippen LogP contribution in [0.4, 0.5) is 13.6 Å². The third-order valence-electron chi connectivity index (χ3n) is 7.98. The van der Waals surface area contributed by atoms with Gasteiger partial charge in [-0.1, -0.05) is 30.3 Å². The first kappa shape index (κ1) is 28.6. The molecular weight excluding hydrogens is 506 g/mol. The molecule has 0 bridgehead atoms. The van der Waals surface area contributed by atoms with E-state index in [2.05, 4.69) is 17.4 Å². The van der Waals surface area contributed by atoms with Gasteiger partial charge in [0.25, 0.3) is 5.92 Å². The van der Waals surface area contributed by atoms with Crippen molar-refractivity contribution in [3.63, 3.8) is 0 Å². The summed E-state index contributed by atoms with van der Waals surface area (Å²) in [7, 11) is 0. The number of nitrogens with zero attached hydrogens (tertiary/aromatic N) is 1. The molecule has 0 spiro atoms. The number of halogens is 2. The van der Waals surface area contributed by atoms with Crippen LogP contribution in [0.15, 0.2) is 42.5 Å². The van der Waals surface area contributed by atoms with Crippen molar-refractivity contribution < 1.29 is 33.0 Å². The average molecular weight is 545 g/mol. The first-order valence-corrected chi connectivity index (χ1v) is 13.6. The number of rotatable bonds is 11. The van der Waals surface area contributed by atoms with Gasteiger partial charge in [-0.3, -0.25) is 0 Å². The zero-order chi connectivity index (χ0) is 28.4. The number of aliphatic carboxylic acids is 1. The van der Waals surface area contributed by atoms with Crippen LogP contribution in [0.2, 0.25) is 0 Å². The Bertz CT molecular complexity index is 1150. The molecule has 7 nitrogen and oxygen atoms in total. The van der Waals surface area contributed by atoms with Gasteiger partial charge in [0.05, 0.1) is 19.3 Å². The van der Waals surface area contributed by atoms with E-state index in [0.29, 0.717) is 37.2 Å². The maximum Gasteiger partial charge on any atom is 0.329 e. The van der Waals surface area contributed by atoms with E-state index in [0.717, 1.165) is 24.0 Å². The van der Waals surface area contributed by atoms with Crippen LogP contribution in [0.3, 0.4) is 0 Å². The van der Waals surface area contributed by atoms with Crippen molar-refractivity contribution in [1.29, 1.82) is 0 Å².